The molecule has 1 amide bonds. The zero-order valence-electron chi connectivity index (χ0n) is 18.5. The molecule has 1 aliphatic rings. The number of alkyl halides is 3. The summed E-state index contributed by atoms with van der Waals surface area (Å²) in [4.78, 5) is 18.8. The molecule has 0 saturated heterocycles. The molecule has 0 bridgehead atoms. The minimum absolute atomic E-state index is 0.102. The number of fused-ring (bicyclic) bond motifs is 1. The van der Waals surface area contributed by atoms with E-state index in [0.29, 0.717) is 11.5 Å². The van der Waals surface area contributed by atoms with E-state index in [1.807, 2.05) is 19.1 Å². The predicted molar refractivity (Wildman–Crippen MR) is 115 cm³/mol. The summed E-state index contributed by atoms with van der Waals surface area (Å²) in [6, 6.07) is 8.72. The minimum atomic E-state index is -4.66. The summed E-state index contributed by atoms with van der Waals surface area (Å²) in [6.45, 7) is 2.92. The number of benzene rings is 1. The van der Waals surface area contributed by atoms with Crippen LogP contribution < -0.4 is 4.74 Å². The lowest BCUT2D eigenvalue weighted by molar-refractivity contribution is -0.189. The van der Waals surface area contributed by atoms with E-state index in [2.05, 4.69) is 10.1 Å². The molecule has 3 aromatic rings. The fourth-order valence-electron chi connectivity index (χ4n) is 3.51. The van der Waals surface area contributed by atoms with Crippen molar-refractivity contribution in [3.05, 3.63) is 65.1 Å². The number of amides is 1. The highest BCUT2D eigenvalue weighted by molar-refractivity contribution is 7.90. The maximum Gasteiger partial charge on any atom is 0.425 e. The Labute approximate surface area is 193 Å². The van der Waals surface area contributed by atoms with Gasteiger partial charge in [0, 0.05) is 30.3 Å². The number of ether oxygens (including phenoxy) is 1. The van der Waals surface area contributed by atoms with Gasteiger partial charge in [-0.05, 0) is 44.2 Å². The molecule has 1 aromatic carbocycles. The van der Waals surface area contributed by atoms with E-state index in [1.165, 1.54) is 4.90 Å². The number of hydrogen-bond acceptors (Lipinski definition) is 6. The van der Waals surface area contributed by atoms with Crippen molar-refractivity contribution in [3.8, 4) is 11.6 Å². The Balaban J connectivity index is 1.62. The Bertz CT molecular complexity index is 1350. The zero-order valence-corrected chi connectivity index (χ0v) is 19.3. The van der Waals surface area contributed by atoms with Gasteiger partial charge in [0.15, 0.2) is 21.8 Å². The van der Waals surface area contributed by atoms with Gasteiger partial charge in [0.2, 0.25) is 0 Å². The average molecular weight is 494 g/mol. The molecule has 2 aromatic heterocycles. The number of aryl methyl sites for hydroxylation is 1. The number of halogens is 3. The molecular formula is C22H21F3N4O4S. The maximum absolute atomic E-state index is 13.3. The van der Waals surface area contributed by atoms with E-state index in [4.69, 9.17) is 4.74 Å². The number of hydrogen-bond donors (Lipinski definition) is 0. The van der Waals surface area contributed by atoms with Crippen LogP contribution in [-0.4, -0.2) is 52.5 Å². The van der Waals surface area contributed by atoms with E-state index >= 15 is 0 Å². The molecule has 0 N–H and O–H groups in total. The normalized spacial score (nSPS) is 14.7. The van der Waals surface area contributed by atoms with Crippen LogP contribution in [0.25, 0.3) is 5.82 Å². The molecule has 0 spiro atoms. The van der Waals surface area contributed by atoms with E-state index in [-0.39, 0.29) is 29.3 Å². The maximum atomic E-state index is 13.3. The van der Waals surface area contributed by atoms with Crippen LogP contribution in [0.5, 0.6) is 5.75 Å². The van der Waals surface area contributed by atoms with E-state index in [9.17, 15) is 26.4 Å². The molecule has 1 unspecified atom stereocenters. The number of carbonyl (C=O) groups excluding carboxylic acids is 1. The van der Waals surface area contributed by atoms with Crippen molar-refractivity contribution in [3.63, 3.8) is 0 Å². The molecule has 0 aliphatic carbocycles. The van der Waals surface area contributed by atoms with Crippen LogP contribution in [0, 0.1) is 6.92 Å². The Kier molecular flexibility index (Phi) is 5.88. The summed E-state index contributed by atoms with van der Waals surface area (Å²) in [6.07, 6.45) is -4.17. The van der Waals surface area contributed by atoms with E-state index in [1.54, 1.807) is 16.9 Å². The van der Waals surface area contributed by atoms with Crippen molar-refractivity contribution in [2.24, 2.45) is 0 Å². The molecule has 1 aliphatic heterocycles. The lowest BCUT2D eigenvalue weighted by Gasteiger charge is -2.22. The van der Waals surface area contributed by atoms with Gasteiger partial charge in [0.1, 0.15) is 5.75 Å². The first-order valence-corrected chi connectivity index (χ1v) is 12.1. The largest absolute Gasteiger partial charge is 0.480 e. The summed E-state index contributed by atoms with van der Waals surface area (Å²) >= 11 is 0. The number of pyridine rings is 1. The molecule has 34 heavy (non-hydrogen) atoms. The Morgan fingerprint density at radius 3 is 2.53 bits per heavy atom. The predicted octanol–water partition coefficient (Wildman–Crippen LogP) is 3.46. The van der Waals surface area contributed by atoms with Crippen molar-refractivity contribution in [1.82, 2.24) is 19.7 Å². The third-order valence-corrected chi connectivity index (χ3v) is 6.46. The molecule has 180 valence electrons. The summed E-state index contributed by atoms with van der Waals surface area (Å²) in [5, 5.41) is 4.47. The lowest BCUT2D eigenvalue weighted by atomic mass is 10.1. The first-order chi connectivity index (χ1) is 15.8. The van der Waals surface area contributed by atoms with Crippen molar-refractivity contribution in [2.75, 3.05) is 6.26 Å². The van der Waals surface area contributed by atoms with Crippen molar-refractivity contribution < 1.29 is 31.1 Å². The minimum Gasteiger partial charge on any atom is -0.480 e. The third kappa shape index (κ3) is 4.76. The Morgan fingerprint density at radius 2 is 1.91 bits per heavy atom. The molecule has 3 heterocycles. The van der Waals surface area contributed by atoms with Gasteiger partial charge >= 0.3 is 6.18 Å². The highest BCUT2D eigenvalue weighted by Gasteiger charge is 2.39. The highest BCUT2D eigenvalue weighted by atomic mass is 32.2. The van der Waals surface area contributed by atoms with Crippen LogP contribution in [0.1, 0.15) is 34.2 Å². The van der Waals surface area contributed by atoms with Crippen molar-refractivity contribution >= 4 is 15.7 Å². The summed E-state index contributed by atoms with van der Waals surface area (Å²) in [5.74, 6) is -0.390. The van der Waals surface area contributed by atoms with Gasteiger partial charge in [-0.15, -0.1) is 0 Å². The standard InChI is InChI=1S/C22H21F3N4O4S/c1-13-5-4-6-20(26-13)29-11-15-10-28(12-18(15)27-29)21(30)17-9-16(34(3,31)32)7-8-19(17)33-14(2)22(23,24)25/h4-9,11,14H,10,12H2,1-3H3. The molecule has 8 nitrogen and oxygen atoms in total. The first-order valence-electron chi connectivity index (χ1n) is 10.2. The molecule has 4 rings (SSSR count). The molecule has 12 heteroatoms. The highest BCUT2D eigenvalue weighted by Crippen LogP contribution is 2.32. The van der Waals surface area contributed by atoms with Gasteiger partial charge in [-0.25, -0.2) is 18.1 Å². The van der Waals surface area contributed by atoms with Gasteiger partial charge in [0.25, 0.3) is 5.91 Å². The molecule has 0 fully saturated rings. The smallest absolute Gasteiger partial charge is 0.425 e. The van der Waals surface area contributed by atoms with Gasteiger partial charge in [-0.3, -0.25) is 4.79 Å². The van der Waals surface area contributed by atoms with Crippen LogP contribution in [0.15, 0.2) is 47.5 Å². The van der Waals surface area contributed by atoms with Gasteiger partial charge in [0.05, 0.1) is 22.7 Å². The van der Waals surface area contributed by atoms with Crippen molar-refractivity contribution in [2.45, 2.75) is 44.1 Å². The average Bonchev–Trinajstić information content (AvgIpc) is 3.31. The summed E-state index contributed by atoms with van der Waals surface area (Å²) in [5.41, 5.74) is 1.91. The van der Waals surface area contributed by atoms with Gasteiger partial charge in [-0.1, -0.05) is 6.07 Å². The monoisotopic (exact) mass is 494 g/mol. The number of rotatable bonds is 5. The fourth-order valence-corrected chi connectivity index (χ4v) is 4.15. The SMILES string of the molecule is Cc1cccc(-n2cc3c(n2)CN(C(=O)c2cc(S(C)(=O)=O)ccc2OC(C)C(F)(F)F)C3)n1. The zero-order chi connectivity index (χ0) is 24.8. The van der Waals surface area contributed by atoms with E-state index < -0.39 is 28.0 Å². The number of nitrogens with zero attached hydrogens (tertiary/aromatic N) is 4. The summed E-state index contributed by atoms with van der Waals surface area (Å²) in [7, 11) is -3.71. The van der Waals surface area contributed by atoms with E-state index in [0.717, 1.165) is 42.6 Å². The Morgan fingerprint density at radius 1 is 1.18 bits per heavy atom. The van der Waals surface area contributed by atoms with Crippen LogP contribution in [0.4, 0.5) is 13.2 Å². The molecule has 0 radical (unpaired) electrons. The van der Waals surface area contributed by atoms with Crippen LogP contribution in [-0.2, 0) is 22.9 Å². The Hall–Kier alpha value is -3.41. The first kappa shape index (κ1) is 23.7. The number of aromatic nitrogens is 3. The van der Waals surface area contributed by atoms with Crippen LogP contribution in [0.2, 0.25) is 0 Å². The second-order valence-electron chi connectivity index (χ2n) is 8.08. The molecular weight excluding hydrogens is 473 g/mol. The van der Waals surface area contributed by atoms with Crippen LogP contribution in [0.3, 0.4) is 0 Å². The number of carbonyl (C=O) groups is 1. The second-order valence-corrected chi connectivity index (χ2v) is 10.1. The van der Waals surface area contributed by atoms with Crippen LogP contribution >= 0.6 is 0 Å². The quantitative estimate of drug-likeness (QED) is 0.539. The van der Waals surface area contributed by atoms with Crippen molar-refractivity contribution in [1.29, 1.82) is 0 Å². The van der Waals surface area contributed by atoms with Gasteiger partial charge in [-0.2, -0.15) is 18.3 Å². The topological polar surface area (TPSA) is 94.4 Å². The molecule has 1 atom stereocenters. The second kappa shape index (κ2) is 8.42. The van der Waals surface area contributed by atoms with Gasteiger partial charge < -0.3 is 9.64 Å². The lowest BCUT2D eigenvalue weighted by Crippen LogP contribution is -2.33. The molecule has 0 saturated carbocycles. The summed E-state index contributed by atoms with van der Waals surface area (Å²) < 4.78 is 69.7. The number of sulfone groups is 1. The third-order valence-electron chi connectivity index (χ3n) is 5.35. The fraction of sp³-hybridized carbons (Fsp3) is 0.318.